The number of aryl methyl sites for hydroxylation is 2. The van der Waals surface area contributed by atoms with Crippen molar-refractivity contribution in [2.45, 2.75) is 13.8 Å². The fourth-order valence-corrected chi connectivity index (χ4v) is 2.79. The molecule has 0 unspecified atom stereocenters. The van der Waals surface area contributed by atoms with Crippen molar-refractivity contribution in [1.82, 2.24) is 14.3 Å². The normalized spacial score (nSPS) is 11.2. The smallest absolute Gasteiger partial charge is 0.348 e. The molecule has 130 valence electrons. The summed E-state index contributed by atoms with van der Waals surface area (Å²) >= 11 is 0. The number of aromatic nitrogens is 3. The first-order valence-corrected chi connectivity index (χ1v) is 8.05. The minimum Gasteiger partial charge on any atom is -0.465 e. The van der Waals surface area contributed by atoms with Crippen LogP contribution in [-0.4, -0.2) is 27.4 Å². The summed E-state index contributed by atoms with van der Waals surface area (Å²) in [5.41, 5.74) is 4.58. The standard InChI is InChI=1S/C20H18N4O2/c1-14-11-15(2)24(22-14)18-8-6-17(7-9-18)23-10-4-5-19(23)12-16(13-21)20(25)26-3/h4-12H,1-3H3/b16-12-. The topological polar surface area (TPSA) is 72.8 Å². The van der Waals surface area contributed by atoms with E-state index in [-0.39, 0.29) is 5.57 Å². The van der Waals surface area contributed by atoms with Crippen LogP contribution in [0.3, 0.4) is 0 Å². The number of ether oxygens (including phenoxy) is 1. The zero-order valence-electron chi connectivity index (χ0n) is 14.8. The predicted octanol–water partition coefficient (Wildman–Crippen LogP) is 3.36. The fourth-order valence-electron chi connectivity index (χ4n) is 2.79. The maximum Gasteiger partial charge on any atom is 0.348 e. The van der Waals surface area contributed by atoms with Crippen LogP contribution in [0.15, 0.2) is 54.2 Å². The van der Waals surface area contributed by atoms with Crippen molar-refractivity contribution in [3.8, 4) is 17.4 Å². The molecular weight excluding hydrogens is 328 g/mol. The van der Waals surface area contributed by atoms with Crippen LogP contribution in [0.4, 0.5) is 0 Å². The van der Waals surface area contributed by atoms with Gasteiger partial charge in [0, 0.05) is 23.3 Å². The highest BCUT2D eigenvalue weighted by Crippen LogP contribution is 2.19. The summed E-state index contributed by atoms with van der Waals surface area (Å²) in [6, 6.07) is 15.5. The molecule has 0 N–H and O–H groups in total. The van der Waals surface area contributed by atoms with Crippen molar-refractivity contribution in [3.63, 3.8) is 0 Å². The van der Waals surface area contributed by atoms with E-state index in [1.54, 1.807) is 0 Å². The molecule has 6 nitrogen and oxygen atoms in total. The summed E-state index contributed by atoms with van der Waals surface area (Å²) in [6.45, 7) is 3.98. The first-order valence-electron chi connectivity index (χ1n) is 8.05. The Kier molecular flexibility index (Phi) is 4.72. The number of esters is 1. The van der Waals surface area contributed by atoms with E-state index >= 15 is 0 Å². The minimum absolute atomic E-state index is 0.0493. The van der Waals surface area contributed by atoms with Crippen LogP contribution in [0, 0.1) is 25.2 Å². The molecule has 0 aliphatic carbocycles. The third kappa shape index (κ3) is 3.28. The number of methoxy groups -OCH3 is 1. The number of hydrogen-bond acceptors (Lipinski definition) is 4. The summed E-state index contributed by atoms with van der Waals surface area (Å²) in [5, 5.41) is 13.6. The molecule has 0 atom stereocenters. The molecule has 2 heterocycles. The van der Waals surface area contributed by atoms with Gasteiger partial charge < -0.3 is 9.30 Å². The van der Waals surface area contributed by atoms with Gasteiger partial charge in [-0.2, -0.15) is 10.4 Å². The molecule has 0 bridgehead atoms. The molecule has 26 heavy (non-hydrogen) atoms. The minimum atomic E-state index is -0.653. The number of carbonyl (C=O) groups is 1. The summed E-state index contributed by atoms with van der Waals surface area (Å²) in [7, 11) is 1.25. The maximum atomic E-state index is 11.6. The number of nitrogens with zero attached hydrogens (tertiary/aromatic N) is 4. The lowest BCUT2D eigenvalue weighted by atomic mass is 10.2. The van der Waals surface area contributed by atoms with Gasteiger partial charge >= 0.3 is 5.97 Å². The van der Waals surface area contributed by atoms with Crippen molar-refractivity contribution in [1.29, 1.82) is 5.26 Å². The van der Waals surface area contributed by atoms with Gasteiger partial charge in [-0.25, -0.2) is 9.48 Å². The average Bonchev–Trinajstić information content (AvgIpc) is 3.24. The van der Waals surface area contributed by atoms with E-state index in [4.69, 9.17) is 5.26 Å². The second-order valence-corrected chi connectivity index (χ2v) is 5.82. The van der Waals surface area contributed by atoms with Gasteiger partial charge in [0.15, 0.2) is 0 Å². The van der Waals surface area contributed by atoms with Gasteiger partial charge in [-0.3, -0.25) is 0 Å². The molecule has 0 saturated carbocycles. The Balaban J connectivity index is 1.96. The number of hydrogen-bond donors (Lipinski definition) is 0. The predicted molar refractivity (Wildman–Crippen MR) is 98.0 cm³/mol. The quantitative estimate of drug-likeness (QED) is 0.412. The Labute approximate surface area is 151 Å². The van der Waals surface area contributed by atoms with Gasteiger partial charge in [-0.05, 0) is 62.4 Å². The van der Waals surface area contributed by atoms with Crippen LogP contribution in [0.1, 0.15) is 17.1 Å². The second-order valence-electron chi connectivity index (χ2n) is 5.82. The van der Waals surface area contributed by atoms with Gasteiger partial charge in [0.25, 0.3) is 0 Å². The molecule has 0 aliphatic heterocycles. The summed E-state index contributed by atoms with van der Waals surface area (Å²) in [6.07, 6.45) is 3.39. The Morgan fingerprint density at radius 3 is 2.46 bits per heavy atom. The van der Waals surface area contributed by atoms with Gasteiger partial charge in [0.05, 0.1) is 18.5 Å². The number of benzene rings is 1. The van der Waals surface area contributed by atoms with E-state index in [0.29, 0.717) is 5.69 Å². The second kappa shape index (κ2) is 7.11. The van der Waals surface area contributed by atoms with Crippen molar-refractivity contribution in [2.75, 3.05) is 7.11 Å². The monoisotopic (exact) mass is 346 g/mol. The lowest BCUT2D eigenvalue weighted by molar-refractivity contribution is -0.135. The molecule has 3 aromatic rings. The average molecular weight is 346 g/mol. The summed E-state index contributed by atoms with van der Waals surface area (Å²) in [5.74, 6) is -0.653. The van der Waals surface area contributed by atoms with Crippen LogP contribution in [0.5, 0.6) is 0 Å². The molecule has 0 saturated heterocycles. The number of rotatable bonds is 4. The lowest BCUT2D eigenvalue weighted by Crippen LogP contribution is -2.04. The molecule has 0 fully saturated rings. The SMILES string of the molecule is COC(=O)/C(C#N)=C\c1cccn1-c1ccc(-n2nc(C)cc2C)cc1. The zero-order chi connectivity index (χ0) is 18.7. The first-order chi connectivity index (χ1) is 12.5. The van der Waals surface area contributed by atoms with Crippen LogP contribution in [-0.2, 0) is 9.53 Å². The van der Waals surface area contributed by atoms with E-state index in [0.717, 1.165) is 22.8 Å². The Morgan fingerprint density at radius 2 is 1.88 bits per heavy atom. The van der Waals surface area contributed by atoms with Crippen molar-refractivity contribution in [3.05, 3.63) is 71.3 Å². The Morgan fingerprint density at radius 1 is 1.19 bits per heavy atom. The fraction of sp³-hybridized carbons (Fsp3) is 0.150. The summed E-state index contributed by atoms with van der Waals surface area (Å²) in [4.78, 5) is 11.6. The first kappa shape index (κ1) is 17.2. The van der Waals surface area contributed by atoms with Crippen LogP contribution in [0.25, 0.3) is 17.5 Å². The molecule has 0 radical (unpaired) electrons. The van der Waals surface area contributed by atoms with E-state index in [1.165, 1.54) is 13.2 Å². The largest absolute Gasteiger partial charge is 0.465 e. The van der Waals surface area contributed by atoms with E-state index < -0.39 is 5.97 Å². The van der Waals surface area contributed by atoms with Crippen molar-refractivity contribution >= 4 is 12.0 Å². The number of carbonyl (C=O) groups excluding carboxylic acids is 1. The Bertz CT molecular complexity index is 1020. The van der Waals surface area contributed by atoms with Crippen LogP contribution >= 0.6 is 0 Å². The van der Waals surface area contributed by atoms with Gasteiger partial charge in [-0.1, -0.05) is 0 Å². The highest BCUT2D eigenvalue weighted by Gasteiger charge is 2.11. The van der Waals surface area contributed by atoms with Crippen molar-refractivity contribution < 1.29 is 9.53 Å². The molecule has 1 aromatic carbocycles. The Hall–Kier alpha value is -3.59. The molecule has 0 aliphatic rings. The third-order valence-corrected chi connectivity index (χ3v) is 3.98. The van der Waals surface area contributed by atoms with E-state index in [2.05, 4.69) is 9.84 Å². The van der Waals surface area contributed by atoms with E-state index in [1.807, 2.05) is 77.8 Å². The van der Waals surface area contributed by atoms with Crippen LogP contribution < -0.4 is 0 Å². The summed E-state index contributed by atoms with van der Waals surface area (Å²) < 4.78 is 8.41. The van der Waals surface area contributed by atoms with Crippen LogP contribution in [0.2, 0.25) is 0 Å². The lowest BCUT2D eigenvalue weighted by Gasteiger charge is -2.09. The molecule has 0 spiro atoms. The van der Waals surface area contributed by atoms with Gasteiger partial charge in [0.2, 0.25) is 0 Å². The molecule has 0 amide bonds. The van der Waals surface area contributed by atoms with E-state index in [9.17, 15) is 4.79 Å². The van der Waals surface area contributed by atoms with Gasteiger partial charge in [-0.15, -0.1) is 0 Å². The number of nitriles is 1. The third-order valence-electron chi connectivity index (χ3n) is 3.98. The van der Waals surface area contributed by atoms with Gasteiger partial charge in [0.1, 0.15) is 11.6 Å². The highest BCUT2D eigenvalue weighted by atomic mass is 16.5. The molecule has 3 rings (SSSR count). The molecule has 2 aromatic heterocycles. The highest BCUT2D eigenvalue weighted by molar-refractivity contribution is 5.97. The zero-order valence-corrected chi connectivity index (χ0v) is 14.8. The molecule has 6 heteroatoms. The maximum absolute atomic E-state index is 11.6. The molecular formula is C20H18N4O2. The van der Waals surface area contributed by atoms with Crippen molar-refractivity contribution in [2.24, 2.45) is 0 Å².